The van der Waals surface area contributed by atoms with Crippen LogP contribution in [-0.4, -0.2) is 47.2 Å². The van der Waals surface area contributed by atoms with E-state index in [-0.39, 0.29) is 25.3 Å². The summed E-state index contributed by atoms with van der Waals surface area (Å²) in [4.78, 5) is 32.2. The third-order valence-corrected chi connectivity index (χ3v) is 1.61. The first-order valence-corrected chi connectivity index (χ1v) is 4.85. The summed E-state index contributed by atoms with van der Waals surface area (Å²) in [5.41, 5.74) is 0. The van der Waals surface area contributed by atoms with Gasteiger partial charge in [-0.3, -0.25) is 14.4 Å². The minimum absolute atomic E-state index is 0.0296. The Labute approximate surface area is 92.8 Å². The van der Waals surface area contributed by atoms with Crippen molar-refractivity contribution in [1.29, 1.82) is 0 Å². The van der Waals surface area contributed by atoms with Crippen LogP contribution in [0.4, 0.5) is 0 Å². The van der Waals surface area contributed by atoms with Gasteiger partial charge in [0, 0.05) is 19.4 Å². The molecule has 0 aromatic carbocycles. The van der Waals surface area contributed by atoms with E-state index in [1.165, 1.54) is 6.92 Å². The predicted molar refractivity (Wildman–Crippen MR) is 54.6 cm³/mol. The second-order valence-electron chi connectivity index (χ2n) is 3.32. The maximum atomic E-state index is 11.1. The Bertz CT molecular complexity index is 265. The van der Waals surface area contributed by atoms with Gasteiger partial charge in [-0.05, 0) is 6.92 Å². The van der Waals surface area contributed by atoms with Crippen LogP contribution in [0.5, 0.6) is 0 Å². The second kappa shape index (κ2) is 7.63. The second-order valence-corrected chi connectivity index (χ2v) is 3.32. The monoisotopic (exact) mass is 232 g/mol. The Morgan fingerprint density at radius 2 is 1.62 bits per heavy atom. The lowest BCUT2D eigenvalue weighted by Crippen LogP contribution is -2.33. The zero-order chi connectivity index (χ0) is 12.6. The summed E-state index contributed by atoms with van der Waals surface area (Å²) in [5, 5.41) is 21.7. The first-order chi connectivity index (χ1) is 7.41. The lowest BCUT2D eigenvalue weighted by Gasteiger charge is -2.06. The normalized spacial score (nSPS) is 11.6. The van der Waals surface area contributed by atoms with E-state index in [9.17, 15) is 14.4 Å². The highest BCUT2D eigenvalue weighted by atomic mass is 16.4. The summed E-state index contributed by atoms with van der Waals surface area (Å²) in [7, 11) is 0. The fourth-order valence-electron chi connectivity index (χ4n) is 0.840. The number of hydrogen-bond acceptors (Lipinski definition) is 4. The molecule has 16 heavy (non-hydrogen) atoms. The van der Waals surface area contributed by atoms with Crippen molar-refractivity contribution >= 4 is 17.8 Å². The van der Waals surface area contributed by atoms with Crippen LogP contribution >= 0.6 is 0 Å². The number of nitrogens with one attached hydrogen (secondary N) is 2. The first kappa shape index (κ1) is 14.4. The van der Waals surface area contributed by atoms with Gasteiger partial charge in [-0.15, -0.1) is 0 Å². The van der Waals surface area contributed by atoms with Crippen LogP contribution < -0.4 is 10.6 Å². The van der Waals surface area contributed by atoms with Crippen molar-refractivity contribution in [2.24, 2.45) is 0 Å². The van der Waals surface area contributed by atoms with Gasteiger partial charge >= 0.3 is 5.97 Å². The number of carboxylic acids is 1. The summed E-state index contributed by atoms with van der Waals surface area (Å²) in [6.07, 6.45) is -0.735. The van der Waals surface area contributed by atoms with Crippen molar-refractivity contribution in [3.05, 3.63) is 0 Å². The van der Waals surface area contributed by atoms with E-state index in [4.69, 9.17) is 10.2 Å². The zero-order valence-corrected chi connectivity index (χ0v) is 9.02. The molecule has 0 fully saturated rings. The van der Waals surface area contributed by atoms with E-state index in [0.29, 0.717) is 0 Å². The van der Waals surface area contributed by atoms with Crippen LogP contribution in [0.25, 0.3) is 0 Å². The predicted octanol–water partition coefficient (Wildman–Crippen LogP) is -1.54. The Hall–Kier alpha value is -1.63. The number of hydrogen-bond donors (Lipinski definition) is 4. The molecule has 92 valence electrons. The molecule has 0 saturated heterocycles. The van der Waals surface area contributed by atoms with Gasteiger partial charge in [0.1, 0.15) is 6.54 Å². The van der Waals surface area contributed by atoms with Crippen molar-refractivity contribution in [2.75, 3.05) is 13.1 Å². The maximum Gasteiger partial charge on any atom is 0.322 e. The number of carbonyl (C=O) groups is 3. The fraction of sp³-hybridized carbons (Fsp3) is 0.667. The molecule has 0 aliphatic carbocycles. The van der Waals surface area contributed by atoms with Gasteiger partial charge in [0.2, 0.25) is 11.8 Å². The topological polar surface area (TPSA) is 116 Å². The minimum atomic E-state index is -1.13. The number of amides is 2. The molecular weight excluding hydrogens is 216 g/mol. The molecule has 0 aromatic rings. The van der Waals surface area contributed by atoms with Crippen LogP contribution in [0.15, 0.2) is 0 Å². The van der Waals surface area contributed by atoms with Gasteiger partial charge in [0.25, 0.3) is 0 Å². The molecule has 0 heterocycles. The highest BCUT2D eigenvalue weighted by molar-refractivity contribution is 5.85. The van der Waals surface area contributed by atoms with Crippen LogP contribution in [0.3, 0.4) is 0 Å². The number of aliphatic hydroxyl groups excluding tert-OH is 1. The molecule has 4 N–H and O–H groups in total. The summed E-state index contributed by atoms with van der Waals surface area (Å²) in [6.45, 7) is 1.21. The van der Waals surface area contributed by atoms with E-state index in [0.717, 1.165) is 0 Å². The maximum absolute atomic E-state index is 11.1. The number of carboxylic acid groups (broad SMARTS) is 1. The SMILES string of the molecule is CC(O)CNC(=O)CCC(=O)NCC(=O)O. The lowest BCUT2D eigenvalue weighted by atomic mass is 10.2. The van der Waals surface area contributed by atoms with Crippen molar-refractivity contribution in [1.82, 2.24) is 10.6 Å². The number of aliphatic hydroxyl groups is 1. The number of aliphatic carboxylic acids is 1. The molecule has 0 aliphatic heterocycles. The molecule has 0 radical (unpaired) electrons. The highest BCUT2D eigenvalue weighted by Gasteiger charge is 2.08. The molecule has 1 atom stereocenters. The Morgan fingerprint density at radius 3 is 2.06 bits per heavy atom. The van der Waals surface area contributed by atoms with Crippen LogP contribution in [0, 0.1) is 0 Å². The summed E-state index contributed by atoms with van der Waals surface area (Å²) < 4.78 is 0. The average molecular weight is 232 g/mol. The molecule has 2 amide bonds. The van der Waals surface area contributed by atoms with Crippen LogP contribution in [0.1, 0.15) is 19.8 Å². The largest absolute Gasteiger partial charge is 0.480 e. The molecule has 0 saturated carbocycles. The number of rotatable bonds is 7. The minimum Gasteiger partial charge on any atom is -0.480 e. The molecule has 0 bridgehead atoms. The standard InChI is InChI=1S/C9H16N2O5/c1-6(12)4-10-7(13)2-3-8(14)11-5-9(15)16/h6,12H,2-5H2,1H3,(H,10,13)(H,11,14)(H,15,16). The quantitative estimate of drug-likeness (QED) is 0.425. The van der Waals surface area contributed by atoms with E-state index in [2.05, 4.69) is 10.6 Å². The van der Waals surface area contributed by atoms with Gasteiger partial charge in [0.05, 0.1) is 6.10 Å². The van der Waals surface area contributed by atoms with Gasteiger partial charge < -0.3 is 20.8 Å². The van der Waals surface area contributed by atoms with Crippen molar-refractivity contribution in [2.45, 2.75) is 25.9 Å². The third-order valence-electron chi connectivity index (χ3n) is 1.61. The van der Waals surface area contributed by atoms with Gasteiger partial charge in [0.15, 0.2) is 0 Å². The molecule has 7 heteroatoms. The average Bonchev–Trinajstić information content (AvgIpc) is 2.20. The molecule has 1 unspecified atom stereocenters. The molecule has 0 spiro atoms. The Kier molecular flexibility index (Phi) is 6.86. The smallest absolute Gasteiger partial charge is 0.322 e. The van der Waals surface area contributed by atoms with Crippen molar-refractivity contribution in [3.63, 3.8) is 0 Å². The first-order valence-electron chi connectivity index (χ1n) is 4.85. The van der Waals surface area contributed by atoms with E-state index < -0.39 is 24.5 Å². The summed E-state index contributed by atoms with van der Waals surface area (Å²) in [5.74, 6) is -1.98. The van der Waals surface area contributed by atoms with Crippen molar-refractivity contribution in [3.8, 4) is 0 Å². The summed E-state index contributed by atoms with van der Waals surface area (Å²) >= 11 is 0. The Balaban J connectivity index is 3.59. The van der Waals surface area contributed by atoms with E-state index in [1.54, 1.807) is 0 Å². The zero-order valence-electron chi connectivity index (χ0n) is 9.02. The molecule has 0 rings (SSSR count). The third kappa shape index (κ3) is 8.95. The fourth-order valence-corrected chi connectivity index (χ4v) is 0.840. The van der Waals surface area contributed by atoms with Crippen molar-refractivity contribution < 1.29 is 24.6 Å². The van der Waals surface area contributed by atoms with Crippen LogP contribution in [0.2, 0.25) is 0 Å². The summed E-state index contributed by atoms with van der Waals surface area (Å²) in [6, 6.07) is 0. The molecule has 0 aromatic heterocycles. The van der Waals surface area contributed by atoms with Gasteiger partial charge in [-0.25, -0.2) is 0 Å². The van der Waals surface area contributed by atoms with E-state index in [1.807, 2.05) is 0 Å². The molecule has 7 nitrogen and oxygen atoms in total. The van der Waals surface area contributed by atoms with Gasteiger partial charge in [-0.2, -0.15) is 0 Å². The van der Waals surface area contributed by atoms with Gasteiger partial charge in [-0.1, -0.05) is 0 Å². The van der Waals surface area contributed by atoms with Crippen LogP contribution in [-0.2, 0) is 14.4 Å². The molecule has 0 aliphatic rings. The lowest BCUT2D eigenvalue weighted by molar-refractivity contribution is -0.138. The highest BCUT2D eigenvalue weighted by Crippen LogP contribution is 1.89. The molecular formula is C9H16N2O5. The number of carbonyl (C=O) groups excluding carboxylic acids is 2. The Morgan fingerprint density at radius 1 is 1.12 bits per heavy atom. The van der Waals surface area contributed by atoms with E-state index >= 15 is 0 Å².